The zero-order valence-electron chi connectivity index (χ0n) is 18.1. The van der Waals surface area contributed by atoms with Crippen LogP contribution in [0.5, 0.6) is 0 Å². The van der Waals surface area contributed by atoms with Crippen LogP contribution in [-0.2, 0) is 33.7 Å². The van der Waals surface area contributed by atoms with E-state index in [0.717, 1.165) is 19.5 Å². The Balaban J connectivity index is 0.00000106. The molecule has 0 aliphatic carbocycles. The van der Waals surface area contributed by atoms with Gasteiger partial charge in [-0.25, -0.2) is 9.36 Å². The van der Waals surface area contributed by atoms with E-state index in [-0.39, 0.29) is 11.2 Å². The first-order valence-electron chi connectivity index (χ1n) is 10.5. The highest BCUT2D eigenvalue weighted by molar-refractivity contribution is 5.85. The molecule has 0 atom stereocenters. The van der Waals surface area contributed by atoms with Crippen molar-refractivity contribution >= 4 is 21.8 Å². The second kappa shape index (κ2) is 7.95. The Bertz CT molecular complexity index is 1340. The minimum absolute atomic E-state index is 0.220. The fraction of sp³-hybridized carbons (Fsp3) is 0.333. The molecular formula is C24H28N4O2. The van der Waals surface area contributed by atoms with E-state index >= 15 is 0 Å². The number of fused-ring (bicyclic) bond motifs is 4. The van der Waals surface area contributed by atoms with E-state index in [9.17, 15) is 9.59 Å². The Labute approximate surface area is 175 Å². The van der Waals surface area contributed by atoms with Gasteiger partial charge < -0.3 is 4.57 Å². The van der Waals surface area contributed by atoms with E-state index < -0.39 is 0 Å². The highest BCUT2D eigenvalue weighted by atomic mass is 16.2. The molecule has 0 saturated carbocycles. The second-order valence-electron chi connectivity index (χ2n) is 7.54. The molecule has 0 fully saturated rings. The molecule has 6 heteroatoms. The van der Waals surface area contributed by atoms with Crippen molar-refractivity contribution in [2.45, 2.75) is 33.5 Å². The van der Waals surface area contributed by atoms with Crippen molar-refractivity contribution in [2.75, 3.05) is 6.54 Å². The van der Waals surface area contributed by atoms with Crippen molar-refractivity contribution in [1.29, 1.82) is 0 Å². The summed E-state index contributed by atoms with van der Waals surface area (Å²) in [5.41, 5.74) is 4.05. The molecule has 6 nitrogen and oxygen atoms in total. The van der Waals surface area contributed by atoms with Gasteiger partial charge in [0, 0.05) is 50.2 Å². The molecule has 2 aromatic heterocycles. The number of para-hydroxylation sites is 2. The average molecular weight is 405 g/mol. The zero-order valence-corrected chi connectivity index (χ0v) is 18.1. The molecule has 30 heavy (non-hydrogen) atoms. The molecule has 0 unspecified atom stereocenters. The van der Waals surface area contributed by atoms with E-state index in [2.05, 4.69) is 40.8 Å². The molecule has 0 N–H and O–H groups in total. The van der Waals surface area contributed by atoms with Gasteiger partial charge in [0.25, 0.3) is 5.56 Å². The van der Waals surface area contributed by atoms with E-state index in [4.69, 9.17) is 0 Å². The Kier molecular flexibility index (Phi) is 5.35. The van der Waals surface area contributed by atoms with Crippen molar-refractivity contribution in [1.82, 2.24) is 18.6 Å². The minimum atomic E-state index is -0.271. The van der Waals surface area contributed by atoms with Crippen LogP contribution in [0, 0.1) is 0 Å². The standard InChI is InChI=1S/C22H22N4O2.C2H6/c1-23-18-9-5-3-7-15(18)17-13-25(12-11-20(17)23)14-26-21(27)16-8-4-6-10-19(16)24(2)22(26)28;1-2/h3-10H,11-14H2,1-2H3;1-2H3. The van der Waals surface area contributed by atoms with Gasteiger partial charge in [0.2, 0.25) is 0 Å². The molecule has 0 bridgehead atoms. The Morgan fingerprint density at radius 3 is 2.13 bits per heavy atom. The predicted molar refractivity (Wildman–Crippen MR) is 122 cm³/mol. The fourth-order valence-electron chi connectivity index (χ4n) is 4.50. The van der Waals surface area contributed by atoms with Gasteiger partial charge in [-0.2, -0.15) is 0 Å². The van der Waals surface area contributed by atoms with Crippen molar-refractivity contribution in [3.63, 3.8) is 0 Å². The van der Waals surface area contributed by atoms with Gasteiger partial charge in [-0.15, -0.1) is 0 Å². The Morgan fingerprint density at radius 1 is 0.833 bits per heavy atom. The third kappa shape index (κ3) is 3.08. The second-order valence-corrected chi connectivity index (χ2v) is 7.54. The van der Waals surface area contributed by atoms with Crippen LogP contribution in [0.25, 0.3) is 21.8 Å². The number of benzene rings is 2. The van der Waals surface area contributed by atoms with Crippen molar-refractivity contribution in [3.05, 3.63) is 80.6 Å². The maximum Gasteiger partial charge on any atom is 0.332 e. The Morgan fingerprint density at radius 2 is 1.43 bits per heavy atom. The van der Waals surface area contributed by atoms with Crippen LogP contribution >= 0.6 is 0 Å². The van der Waals surface area contributed by atoms with Gasteiger partial charge in [0.1, 0.15) is 0 Å². The first-order chi connectivity index (χ1) is 14.6. The zero-order chi connectivity index (χ0) is 21.4. The summed E-state index contributed by atoms with van der Waals surface area (Å²) >= 11 is 0. The van der Waals surface area contributed by atoms with Crippen LogP contribution in [-0.4, -0.2) is 25.1 Å². The van der Waals surface area contributed by atoms with Gasteiger partial charge in [-0.1, -0.05) is 44.2 Å². The summed E-state index contributed by atoms with van der Waals surface area (Å²) in [6.07, 6.45) is 0.906. The van der Waals surface area contributed by atoms with Gasteiger partial charge in [0.15, 0.2) is 0 Å². The molecule has 0 amide bonds. The summed E-state index contributed by atoms with van der Waals surface area (Å²) in [6, 6.07) is 15.7. The monoisotopic (exact) mass is 404 g/mol. The summed E-state index contributed by atoms with van der Waals surface area (Å²) in [5.74, 6) is 0. The van der Waals surface area contributed by atoms with Crippen LogP contribution < -0.4 is 11.2 Å². The lowest BCUT2D eigenvalue weighted by molar-refractivity contribution is 0.191. The summed E-state index contributed by atoms with van der Waals surface area (Å²) in [5, 5.41) is 1.83. The molecule has 1 aliphatic rings. The molecule has 2 aromatic carbocycles. The number of hydrogen-bond acceptors (Lipinski definition) is 3. The molecule has 0 spiro atoms. The SMILES string of the molecule is CC.Cn1c2c(c3ccccc31)CN(Cn1c(=O)c3ccccc3n(C)c1=O)CC2. The van der Waals surface area contributed by atoms with Crippen LogP contribution in [0.4, 0.5) is 0 Å². The largest absolute Gasteiger partial charge is 0.347 e. The maximum atomic E-state index is 13.0. The quantitative estimate of drug-likeness (QED) is 0.515. The molecule has 156 valence electrons. The lowest BCUT2D eigenvalue weighted by atomic mass is 10.0. The molecule has 0 radical (unpaired) electrons. The summed E-state index contributed by atoms with van der Waals surface area (Å²) in [6.45, 7) is 5.86. The van der Waals surface area contributed by atoms with Crippen LogP contribution in [0.1, 0.15) is 25.1 Å². The van der Waals surface area contributed by atoms with Crippen molar-refractivity contribution in [2.24, 2.45) is 14.1 Å². The fourth-order valence-corrected chi connectivity index (χ4v) is 4.50. The van der Waals surface area contributed by atoms with Gasteiger partial charge in [-0.3, -0.25) is 14.3 Å². The number of aryl methyl sites for hydroxylation is 2. The number of aromatic nitrogens is 3. The van der Waals surface area contributed by atoms with Gasteiger partial charge in [-0.05, 0) is 23.8 Å². The van der Waals surface area contributed by atoms with Crippen LogP contribution in [0.2, 0.25) is 0 Å². The number of rotatable bonds is 2. The lowest BCUT2D eigenvalue weighted by Crippen LogP contribution is -2.44. The first kappa shape index (κ1) is 20.2. The Hall–Kier alpha value is -3.12. The van der Waals surface area contributed by atoms with E-state index in [1.165, 1.54) is 26.7 Å². The van der Waals surface area contributed by atoms with Crippen LogP contribution in [0.3, 0.4) is 0 Å². The molecule has 5 rings (SSSR count). The molecule has 3 heterocycles. The molecular weight excluding hydrogens is 376 g/mol. The van der Waals surface area contributed by atoms with Crippen LogP contribution in [0.15, 0.2) is 58.1 Å². The molecule has 4 aromatic rings. The number of nitrogens with zero attached hydrogens (tertiary/aromatic N) is 4. The third-order valence-electron chi connectivity index (χ3n) is 5.99. The van der Waals surface area contributed by atoms with Gasteiger partial charge >= 0.3 is 5.69 Å². The smallest absolute Gasteiger partial charge is 0.332 e. The summed E-state index contributed by atoms with van der Waals surface area (Å²) in [7, 11) is 3.83. The van der Waals surface area contributed by atoms with E-state index in [1.54, 1.807) is 17.7 Å². The number of hydrogen-bond donors (Lipinski definition) is 0. The minimum Gasteiger partial charge on any atom is -0.347 e. The van der Waals surface area contributed by atoms with Gasteiger partial charge in [0.05, 0.1) is 17.6 Å². The lowest BCUT2D eigenvalue weighted by Gasteiger charge is -2.28. The van der Waals surface area contributed by atoms with Crippen molar-refractivity contribution in [3.8, 4) is 0 Å². The van der Waals surface area contributed by atoms with E-state index in [1.807, 2.05) is 32.0 Å². The highest BCUT2D eigenvalue weighted by Crippen LogP contribution is 2.30. The van der Waals surface area contributed by atoms with E-state index in [0.29, 0.717) is 17.6 Å². The first-order valence-corrected chi connectivity index (χ1v) is 10.5. The summed E-state index contributed by atoms with van der Waals surface area (Å²) < 4.78 is 5.19. The predicted octanol–water partition coefficient (Wildman–Crippen LogP) is 3.23. The average Bonchev–Trinajstić information content (AvgIpc) is 3.08. The maximum absolute atomic E-state index is 13.0. The topological polar surface area (TPSA) is 52.2 Å². The van der Waals surface area contributed by atoms with Crippen molar-refractivity contribution < 1.29 is 0 Å². The normalized spacial score (nSPS) is 13.9. The molecule has 1 aliphatic heterocycles. The molecule has 0 saturated heterocycles. The third-order valence-corrected chi connectivity index (χ3v) is 5.99. The highest BCUT2D eigenvalue weighted by Gasteiger charge is 2.23. The summed E-state index contributed by atoms with van der Waals surface area (Å²) in [4.78, 5) is 28.0.